The summed E-state index contributed by atoms with van der Waals surface area (Å²) >= 11 is 0. The minimum atomic E-state index is 0.670. The summed E-state index contributed by atoms with van der Waals surface area (Å²) < 4.78 is 0. The molecule has 0 heterocycles. The Labute approximate surface area is 303 Å². The topological polar surface area (TPSA) is 23.8 Å². The van der Waals surface area contributed by atoms with E-state index in [4.69, 9.17) is 0 Å². The number of nitrogens with zero attached hydrogens (tertiary/aromatic N) is 1. The summed E-state index contributed by atoms with van der Waals surface area (Å²) in [5.41, 5.74) is 17.8. The van der Waals surface area contributed by atoms with E-state index in [9.17, 15) is 5.26 Å². The molecule has 9 aromatic rings. The van der Waals surface area contributed by atoms with Gasteiger partial charge in [0.25, 0.3) is 0 Å². The minimum Gasteiger partial charge on any atom is -0.192 e. The van der Waals surface area contributed by atoms with Crippen LogP contribution in [-0.2, 0) is 0 Å². The number of hydrogen-bond donors (Lipinski definition) is 0. The highest BCUT2D eigenvalue weighted by Gasteiger charge is 2.28. The highest BCUT2D eigenvalue weighted by molar-refractivity contribution is 6.23. The van der Waals surface area contributed by atoms with E-state index >= 15 is 0 Å². The summed E-state index contributed by atoms with van der Waals surface area (Å²) in [4.78, 5) is 0. The van der Waals surface area contributed by atoms with Crippen molar-refractivity contribution in [2.75, 3.05) is 0 Å². The van der Waals surface area contributed by atoms with E-state index in [2.05, 4.69) is 176 Å². The van der Waals surface area contributed by atoms with Crippen LogP contribution in [0.5, 0.6) is 0 Å². The van der Waals surface area contributed by atoms with Gasteiger partial charge in [-0.1, -0.05) is 158 Å². The zero-order valence-corrected chi connectivity index (χ0v) is 28.3. The first-order valence-corrected chi connectivity index (χ1v) is 17.7. The first-order chi connectivity index (χ1) is 25.7. The molecule has 1 heteroatoms. The van der Waals surface area contributed by atoms with Crippen molar-refractivity contribution in [2.24, 2.45) is 0 Å². The smallest absolute Gasteiger partial charge is 0.0991 e. The lowest BCUT2D eigenvalue weighted by atomic mass is 9.88. The van der Waals surface area contributed by atoms with Crippen molar-refractivity contribution >= 4 is 21.5 Å². The van der Waals surface area contributed by atoms with E-state index in [1.165, 1.54) is 82.7 Å². The van der Waals surface area contributed by atoms with E-state index in [0.29, 0.717) is 5.56 Å². The molecule has 1 aliphatic rings. The van der Waals surface area contributed by atoms with E-state index in [-0.39, 0.29) is 0 Å². The van der Waals surface area contributed by atoms with Crippen molar-refractivity contribution < 1.29 is 0 Å². The Hall–Kier alpha value is -7.01. The molecule has 0 spiro atoms. The van der Waals surface area contributed by atoms with Crippen molar-refractivity contribution in [3.8, 4) is 84.0 Å². The average molecular weight is 658 g/mol. The molecule has 1 nitrogen and oxygen atoms in total. The predicted molar refractivity (Wildman–Crippen MR) is 218 cm³/mol. The predicted octanol–water partition coefficient (Wildman–Crippen LogP) is 13.8. The normalized spacial score (nSPS) is 11.4. The van der Waals surface area contributed by atoms with Crippen LogP contribution in [0.2, 0.25) is 0 Å². The molecule has 1 aliphatic carbocycles. The molecule has 0 atom stereocenters. The maximum absolute atomic E-state index is 9.40. The minimum absolute atomic E-state index is 0.670. The van der Waals surface area contributed by atoms with Gasteiger partial charge in [0.1, 0.15) is 0 Å². The van der Waals surface area contributed by atoms with Crippen LogP contribution in [-0.4, -0.2) is 0 Å². The number of fused-ring (bicyclic) bond motifs is 4. The summed E-state index contributed by atoms with van der Waals surface area (Å²) in [7, 11) is 0. The Morgan fingerprint density at radius 3 is 1.44 bits per heavy atom. The molecule has 52 heavy (non-hydrogen) atoms. The second-order valence-electron chi connectivity index (χ2n) is 13.6. The van der Waals surface area contributed by atoms with Gasteiger partial charge in [-0.2, -0.15) is 5.26 Å². The summed E-state index contributed by atoms with van der Waals surface area (Å²) in [5.74, 6) is 0. The Kier molecular flexibility index (Phi) is 6.95. The van der Waals surface area contributed by atoms with Gasteiger partial charge in [-0.3, -0.25) is 0 Å². The molecule has 0 aliphatic heterocycles. The van der Waals surface area contributed by atoms with Gasteiger partial charge in [-0.05, 0) is 130 Å². The molecule has 0 saturated heterocycles. The Balaban J connectivity index is 1.08. The molecule has 0 fully saturated rings. The first kappa shape index (κ1) is 29.9. The van der Waals surface area contributed by atoms with Gasteiger partial charge in [-0.15, -0.1) is 0 Å². The summed E-state index contributed by atoms with van der Waals surface area (Å²) in [6, 6.07) is 69.9. The SMILES string of the molecule is N#Cc1cccc(-c2cccc(-c3ccc4cc(-c5ccc6c7c(cccc57)-c5c(-c7ccccc7)ccc(-c7ccccc7)c5-6)ccc4c3)c2)c1. The van der Waals surface area contributed by atoms with Crippen molar-refractivity contribution in [1.82, 2.24) is 0 Å². The second-order valence-corrected chi connectivity index (χ2v) is 13.6. The van der Waals surface area contributed by atoms with Gasteiger partial charge in [0.05, 0.1) is 11.6 Å². The van der Waals surface area contributed by atoms with Gasteiger partial charge < -0.3 is 0 Å². The van der Waals surface area contributed by atoms with Crippen LogP contribution in [0.4, 0.5) is 0 Å². The standard InChI is InChI=1S/C51H31N/c52-32-33-10-7-15-36(28-33)37-16-8-17-38(29-37)39-20-21-41-31-42(23-22-40(41)30-39)43-24-27-48-49-46(43)18-9-19-47(49)50-44(34-11-3-1-4-12-34)25-26-45(51(48)50)35-13-5-2-6-14-35/h1-31H. The zero-order valence-electron chi connectivity index (χ0n) is 28.3. The number of benzene rings is 9. The fourth-order valence-corrected chi connectivity index (χ4v) is 8.19. The van der Waals surface area contributed by atoms with Crippen molar-refractivity contribution in [1.29, 1.82) is 5.26 Å². The molecule has 0 amide bonds. The van der Waals surface area contributed by atoms with Crippen LogP contribution in [0.15, 0.2) is 188 Å². The monoisotopic (exact) mass is 657 g/mol. The molecule has 0 N–H and O–H groups in total. The maximum atomic E-state index is 9.40. The quantitative estimate of drug-likeness (QED) is 0.181. The lowest BCUT2D eigenvalue weighted by Gasteiger charge is -2.15. The lowest BCUT2D eigenvalue weighted by Crippen LogP contribution is -1.89. The van der Waals surface area contributed by atoms with Gasteiger partial charge in [0, 0.05) is 0 Å². The van der Waals surface area contributed by atoms with Crippen LogP contribution in [0.3, 0.4) is 0 Å². The third kappa shape index (κ3) is 4.85. The second kappa shape index (κ2) is 12.1. The lowest BCUT2D eigenvalue weighted by molar-refractivity contribution is 1.48. The zero-order chi connectivity index (χ0) is 34.6. The van der Waals surface area contributed by atoms with Gasteiger partial charge in [-0.25, -0.2) is 0 Å². The Bertz CT molecular complexity index is 2820. The summed E-state index contributed by atoms with van der Waals surface area (Å²) in [6.07, 6.45) is 0. The number of nitriles is 1. The molecule has 0 bridgehead atoms. The molecule has 10 rings (SSSR count). The van der Waals surface area contributed by atoms with Crippen LogP contribution in [0.25, 0.3) is 99.4 Å². The van der Waals surface area contributed by atoms with E-state index in [1.807, 2.05) is 18.2 Å². The van der Waals surface area contributed by atoms with E-state index in [1.54, 1.807) is 0 Å². The fourth-order valence-electron chi connectivity index (χ4n) is 8.19. The molecule has 9 aromatic carbocycles. The van der Waals surface area contributed by atoms with E-state index in [0.717, 1.165) is 16.7 Å². The van der Waals surface area contributed by atoms with E-state index < -0.39 is 0 Å². The highest BCUT2D eigenvalue weighted by atomic mass is 14.3. The Morgan fingerprint density at radius 2 is 0.788 bits per heavy atom. The molecule has 0 unspecified atom stereocenters. The molecule has 0 saturated carbocycles. The van der Waals surface area contributed by atoms with Crippen molar-refractivity contribution in [2.45, 2.75) is 0 Å². The van der Waals surface area contributed by atoms with Crippen molar-refractivity contribution in [3.05, 3.63) is 194 Å². The van der Waals surface area contributed by atoms with Crippen LogP contribution in [0, 0.1) is 11.3 Å². The number of rotatable bonds is 5. The van der Waals surface area contributed by atoms with Crippen molar-refractivity contribution in [3.63, 3.8) is 0 Å². The first-order valence-electron chi connectivity index (χ1n) is 17.7. The average Bonchev–Trinajstić information content (AvgIpc) is 3.56. The fraction of sp³-hybridized carbons (Fsp3) is 0. The third-order valence-corrected chi connectivity index (χ3v) is 10.6. The highest BCUT2D eigenvalue weighted by Crippen LogP contribution is 2.55. The number of hydrogen-bond acceptors (Lipinski definition) is 1. The molecule has 0 aromatic heterocycles. The van der Waals surface area contributed by atoms with Gasteiger partial charge in [0.15, 0.2) is 0 Å². The summed E-state index contributed by atoms with van der Waals surface area (Å²) in [6.45, 7) is 0. The Morgan fingerprint density at radius 1 is 0.308 bits per heavy atom. The van der Waals surface area contributed by atoms with Gasteiger partial charge in [0.2, 0.25) is 0 Å². The van der Waals surface area contributed by atoms with Crippen LogP contribution in [0.1, 0.15) is 5.56 Å². The third-order valence-electron chi connectivity index (χ3n) is 10.6. The largest absolute Gasteiger partial charge is 0.192 e. The molecular formula is C51H31N. The van der Waals surface area contributed by atoms with Crippen LogP contribution >= 0.6 is 0 Å². The molecule has 0 radical (unpaired) electrons. The van der Waals surface area contributed by atoms with Gasteiger partial charge >= 0.3 is 0 Å². The summed E-state index contributed by atoms with van der Waals surface area (Å²) in [5, 5.41) is 14.4. The molecule has 240 valence electrons. The molecular weight excluding hydrogens is 627 g/mol. The van der Waals surface area contributed by atoms with Crippen LogP contribution < -0.4 is 0 Å². The maximum Gasteiger partial charge on any atom is 0.0991 e.